The minimum atomic E-state index is 0.0509. The number of benzene rings is 2. The molecule has 1 aliphatic rings. The number of fused-ring (bicyclic) bond motifs is 1. The van der Waals surface area contributed by atoms with E-state index in [-0.39, 0.29) is 11.7 Å². The highest BCUT2D eigenvalue weighted by atomic mass is 16.5. The fourth-order valence-corrected chi connectivity index (χ4v) is 3.61. The Kier molecular flexibility index (Phi) is 4.21. The van der Waals surface area contributed by atoms with Crippen molar-refractivity contribution >= 4 is 5.78 Å². The van der Waals surface area contributed by atoms with Gasteiger partial charge in [0.1, 0.15) is 11.5 Å². The molecule has 0 bridgehead atoms. The van der Waals surface area contributed by atoms with Gasteiger partial charge in [0.15, 0.2) is 5.78 Å². The van der Waals surface area contributed by atoms with Crippen molar-refractivity contribution < 1.29 is 14.3 Å². The maximum Gasteiger partial charge on any atom is 0.166 e. The van der Waals surface area contributed by atoms with Crippen molar-refractivity contribution in [1.82, 2.24) is 9.78 Å². The third-order valence-electron chi connectivity index (χ3n) is 4.92. The highest BCUT2D eigenvalue weighted by Gasteiger charge is 2.31. The number of rotatable bonds is 4. The molecule has 1 aromatic heterocycles. The van der Waals surface area contributed by atoms with Gasteiger partial charge in [0.2, 0.25) is 0 Å². The summed E-state index contributed by atoms with van der Waals surface area (Å²) in [6, 6.07) is 15.7. The van der Waals surface area contributed by atoms with Crippen molar-refractivity contribution in [2.24, 2.45) is 0 Å². The van der Waals surface area contributed by atoms with Gasteiger partial charge in [-0.25, -0.2) is 4.68 Å². The van der Waals surface area contributed by atoms with E-state index in [1.54, 1.807) is 20.4 Å². The molecule has 1 aliphatic carbocycles. The minimum Gasteiger partial charge on any atom is -0.497 e. The summed E-state index contributed by atoms with van der Waals surface area (Å²) in [5.41, 5.74) is 3.66. The van der Waals surface area contributed by atoms with E-state index >= 15 is 0 Å². The average Bonchev–Trinajstić information content (AvgIpc) is 3.12. The highest BCUT2D eigenvalue weighted by molar-refractivity contribution is 5.98. The fraction of sp³-hybridized carbons (Fsp3) is 0.238. The van der Waals surface area contributed by atoms with E-state index in [1.807, 2.05) is 53.2 Å². The van der Waals surface area contributed by atoms with Crippen LogP contribution in [0.3, 0.4) is 0 Å². The Morgan fingerprint density at radius 2 is 1.85 bits per heavy atom. The summed E-state index contributed by atoms with van der Waals surface area (Å²) >= 11 is 0. The maximum atomic E-state index is 12.7. The number of hydrogen-bond donors (Lipinski definition) is 0. The first-order valence-corrected chi connectivity index (χ1v) is 8.58. The van der Waals surface area contributed by atoms with E-state index in [0.717, 1.165) is 40.4 Å². The summed E-state index contributed by atoms with van der Waals surface area (Å²) in [7, 11) is 3.27. The summed E-state index contributed by atoms with van der Waals surface area (Å²) in [6.45, 7) is 0. The number of methoxy groups -OCH3 is 2. The summed E-state index contributed by atoms with van der Waals surface area (Å²) in [5, 5.41) is 4.46. The third-order valence-corrected chi connectivity index (χ3v) is 4.92. The largest absolute Gasteiger partial charge is 0.497 e. The molecule has 5 heteroatoms. The summed E-state index contributed by atoms with van der Waals surface area (Å²) in [6.07, 6.45) is 2.88. The van der Waals surface area contributed by atoms with Gasteiger partial charge in [0.25, 0.3) is 0 Å². The number of hydrogen-bond acceptors (Lipinski definition) is 4. The lowest BCUT2D eigenvalue weighted by Gasteiger charge is -2.24. The molecule has 0 saturated heterocycles. The third kappa shape index (κ3) is 2.75. The molecule has 0 N–H and O–H groups in total. The lowest BCUT2D eigenvalue weighted by molar-refractivity contribution is 0.0963. The van der Waals surface area contributed by atoms with Crippen LogP contribution in [0.25, 0.3) is 5.69 Å². The van der Waals surface area contributed by atoms with Crippen LogP contribution in [0.2, 0.25) is 0 Å². The minimum absolute atomic E-state index is 0.0509. The topological polar surface area (TPSA) is 53.3 Å². The molecule has 4 rings (SSSR count). The predicted octanol–water partition coefficient (Wildman–Crippen LogP) is 3.80. The molecule has 2 aromatic carbocycles. The van der Waals surface area contributed by atoms with Crippen LogP contribution in [0.1, 0.15) is 34.0 Å². The first kappa shape index (κ1) is 16.4. The van der Waals surface area contributed by atoms with E-state index in [9.17, 15) is 4.79 Å². The van der Waals surface area contributed by atoms with Crippen LogP contribution in [0, 0.1) is 0 Å². The van der Waals surface area contributed by atoms with Gasteiger partial charge < -0.3 is 9.47 Å². The number of nitrogens with zero attached hydrogens (tertiary/aromatic N) is 2. The first-order chi connectivity index (χ1) is 12.7. The van der Waals surface area contributed by atoms with Crippen LogP contribution in [0.4, 0.5) is 0 Å². The molecule has 0 saturated carbocycles. The zero-order chi connectivity index (χ0) is 18.1. The summed E-state index contributed by atoms with van der Waals surface area (Å²) in [5.74, 6) is 1.66. The van der Waals surface area contributed by atoms with Crippen molar-refractivity contribution in [3.63, 3.8) is 0 Å². The standard InChI is InChI=1S/C21H20N2O3/c1-25-16-8-9-17(21(12-16)26-2)14-10-19-18(20(24)11-14)13-22-23(19)15-6-4-3-5-7-15/h3-9,12-14H,10-11H2,1-2H3. The Hall–Kier alpha value is -3.08. The molecule has 132 valence electrons. The average molecular weight is 348 g/mol. The second kappa shape index (κ2) is 6.67. The molecule has 0 fully saturated rings. The number of ether oxygens (including phenoxy) is 2. The van der Waals surface area contributed by atoms with Crippen LogP contribution in [0.5, 0.6) is 11.5 Å². The maximum absolute atomic E-state index is 12.7. The highest BCUT2D eigenvalue weighted by Crippen LogP contribution is 2.39. The van der Waals surface area contributed by atoms with Crippen LogP contribution in [-0.2, 0) is 6.42 Å². The van der Waals surface area contributed by atoms with E-state index < -0.39 is 0 Å². The van der Waals surface area contributed by atoms with E-state index in [0.29, 0.717) is 6.42 Å². The van der Waals surface area contributed by atoms with Crippen LogP contribution in [-0.4, -0.2) is 29.8 Å². The molecular weight excluding hydrogens is 328 g/mol. The molecular formula is C21H20N2O3. The van der Waals surface area contributed by atoms with Crippen molar-refractivity contribution in [3.8, 4) is 17.2 Å². The Morgan fingerprint density at radius 1 is 1.04 bits per heavy atom. The first-order valence-electron chi connectivity index (χ1n) is 8.58. The molecule has 26 heavy (non-hydrogen) atoms. The quantitative estimate of drug-likeness (QED) is 0.720. The molecule has 5 nitrogen and oxygen atoms in total. The van der Waals surface area contributed by atoms with Crippen molar-refractivity contribution in [2.45, 2.75) is 18.8 Å². The van der Waals surface area contributed by atoms with Gasteiger partial charge in [-0.15, -0.1) is 0 Å². The van der Waals surface area contributed by atoms with E-state index in [1.165, 1.54) is 0 Å². The Bertz CT molecular complexity index is 947. The zero-order valence-electron chi connectivity index (χ0n) is 14.8. The number of aromatic nitrogens is 2. The Balaban J connectivity index is 1.74. The van der Waals surface area contributed by atoms with Crippen molar-refractivity contribution in [2.75, 3.05) is 14.2 Å². The SMILES string of the molecule is COc1ccc(C2CC(=O)c3cnn(-c4ccccc4)c3C2)c(OC)c1. The molecule has 3 aromatic rings. The van der Waals surface area contributed by atoms with Gasteiger partial charge in [0.05, 0.1) is 37.4 Å². The molecule has 1 unspecified atom stereocenters. The van der Waals surface area contributed by atoms with Crippen LogP contribution in [0.15, 0.2) is 54.7 Å². The number of carbonyl (C=O) groups is 1. The Morgan fingerprint density at radius 3 is 2.58 bits per heavy atom. The molecule has 0 amide bonds. The van der Waals surface area contributed by atoms with Gasteiger partial charge in [-0.3, -0.25) is 4.79 Å². The molecule has 1 atom stereocenters. The second-order valence-electron chi connectivity index (χ2n) is 6.39. The van der Waals surface area contributed by atoms with Gasteiger partial charge >= 0.3 is 0 Å². The van der Waals surface area contributed by atoms with Crippen LogP contribution >= 0.6 is 0 Å². The monoisotopic (exact) mass is 348 g/mol. The zero-order valence-corrected chi connectivity index (χ0v) is 14.8. The van der Waals surface area contributed by atoms with E-state index in [2.05, 4.69) is 5.10 Å². The van der Waals surface area contributed by atoms with Crippen molar-refractivity contribution in [1.29, 1.82) is 0 Å². The molecule has 0 spiro atoms. The van der Waals surface area contributed by atoms with Crippen LogP contribution < -0.4 is 9.47 Å². The number of para-hydroxylation sites is 1. The predicted molar refractivity (Wildman–Crippen MR) is 98.5 cm³/mol. The van der Waals surface area contributed by atoms with Gasteiger partial charge in [0, 0.05) is 18.4 Å². The smallest absolute Gasteiger partial charge is 0.166 e. The summed E-state index contributed by atoms with van der Waals surface area (Å²) < 4.78 is 12.7. The molecule has 0 radical (unpaired) electrons. The molecule has 1 heterocycles. The van der Waals surface area contributed by atoms with Gasteiger partial charge in [-0.2, -0.15) is 5.10 Å². The molecule has 0 aliphatic heterocycles. The van der Waals surface area contributed by atoms with Crippen molar-refractivity contribution in [3.05, 3.63) is 71.5 Å². The normalized spacial score (nSPS) is 16.2. The lowest BCUT2D eigenvalue weighted by atomic mass is 9.82. The summed E-state index contributed by atoms with van der Waals surface area (Å²) in [4.78, 5) is 12.7. The fourth-order valence-electron chi connectivity index (χ4n) is 3.61. The van der Waals surface area contributed by atoms with Gasteiger partial charge in [-0.05, 0) is 30.2 Å². The number of ketones is 1. The van der Waals surface area contributed by atoms with Gasteiger partial charge in [-0.1, -0.05) is 24.3 Å². The van der Waals surface area contributed by atoms with E-state index in [4.69, 9.17) is 9.47 Å². The number of Topliss-reactive ketones (excluding diaryl/α,β-unsaturated/α-hetero) is 1. The second-order valence-corrected chi connectivity index (χ2v) is 6.39. The Labute approximate surface area is 152 Å². The lowest BCUT2D eigenvalue weighted by Crippen LogP contribution is -2.20. The number of carbonyl (C=O) groups excluding carboxylic acids is 1.